The SMILES string of the molecule is O=Cc1cn2ccc(N3CCC(=O)NC3=O)cc2n1. The largest absolute Gasteiger partial charge is 0.328 e. The van der Waals surface area contributed by atoms with Gasteiger partial charge in [-0.15, -0.1) is 0 Å². The van der Waals surface area contributed by atoms with Crippen LogP contribution in [0.3, 0.4) is 0 Å². The second-order valence-corrected chi connectivity index (χ2v) is 4.19. The third-order valence-electron chi connectivity index (χ3n) is 2.95. The smallest absolute Gasteiger partial charge is 0.306 e. The molecule has 0 spiro atoms. The molecule has 1 fully saturated rings. The molecule has 19 heavy (non-hydrogen) atoms. The number of nitrogens with zero attached hydrogens (tertiary/aromatic N) is 3. The summed E-state index contributed by atoms with van der Waals surface area (Å²) < 4.78 is 1.69. The van der Waals surface area contributed by atoms with Gasteiger partial charge in [0, 0.05) is 31.4 Å². The van der Waals surface area contributed by atoms with Gasteiger partial charge in [-0.3, -0.25) is 19.8 Å². The summed E-state index contributed by atoms with van der Waals surface area (Å²) in [4.78, 5) is 39.0. The fourth-order valence-corrected chi connectivity index (χ4v) is 2.03. The summed E-state index contributed by atoms with van der Waals surface area (Å²) in [6.07, 6.45) is 4.25. The van der Waals surface area contributed by atoms with E-state index >= 15 is 0 Å². The number of carbonyl (C=O) groups excluding carboxylic acids is 3. The van der Waals surface area contributed by atoms with Crippen LogP contribution in [0.1, 0.15) is 16.9 Å². The van der Waals surface area contributed by atoms with Gasteiger partial charge < -0.3 is 4.40 Å². The Bertz CT molecular complexity index is 691. The monoisotopic (exact) mass is 258 g/mol. The van der Waals surface area contributed by atoms with Crippen LogP contribution >= 0.6 is 0 Å². The zero-order valence-electron chi connectivity index (χ0n) is 9.87. The molecule has 0 radical (unpaired) electrons. The fourth-order valence-electron chi connectivity index (χ4n) is 2.03. The van der Waals surface area contributed by atoms with Crippen molar-refractivity contribution in [1.29, 1.82) is 0 Å². The number of amides is 3. The average Bonchev–Trinajstić information content (AvgIpc) is 2.80. The lowest BCUT2D eigenvalue weighted by Gasteiger charge is -2.26. The molecular weight excluding hydrogens is 248 g/mol. The first-order valence-corrected chi connectivity index (χ1v) is 5.72. The van der Waals surface area contributed by atoms with E-state index in [0.29, 0.717) is 29.9 Å². The topological polar surface area (TPSA) is 83.8 Å². The van der Waals surface area contributed by atoms with Crippen molar-refractivity contribution >= 4 is 29.6 Å². The Morgan fingerprint density at radius 2 is 2.21 bits per heavy atom. The minimum atomic E-state index is -0.442. The van der Waals surface area contributed by atoms with Crippen LogP contribution in [0.5, 0.6) is 0 Å². The summed E-state index contributed by atoms with van der Waals surface area (Å²) in [6.45, 7) is 0.335. The highest BCUT2D eigenvalue weighted by Gasteiger charge is 2.24. The lowest BCUT2D eigenvalue weighted by molar-refractivity contribution is -0.120. The molecule has 1 N–H and O–H groups in total. The Labute approximate surface area is 107 Å². The van der Waals surface area contributed by atoms with Crippen molar-refractivity contribution < 1.29 is 14.4 Å². The first-order chi connectivity index (χ1) is 9.17. The Morgan fingerprint density at radius 3 is 2.95 bits per heavy atom. The van der Waals surface area contributed by atoms with Gasteiger partial charge in [-0.2, -0.15) is 0 Å². The standard InChI is InChI=1S/C12H10N4O3/c17-7-8-6-15-3-1-9(5-10(15)13-8)16-4-2-11(18)14-12(16)19/h1,3,5-7H,2,4H2,(H,14,18,19). The van der Waals surface area contributed by atoms with Crippen molar-refractivity contribution in [1.82, 2.24) is 14.7 Å². The number of imide groups is 1. The highest BCUT2D eigenvalue weighted by molar-refractivity contribution is 6.05. The van der Waals surface area contributed by atoms with E-state index in [1.807, 2.05) is 0 Å². The third kappa shape index (κ3) is 1.95. The Kier molecular flexibility index (Phi) is 2.52. The van der Waals surface area contributed by atoms with E-state index in [1.54, 1.807) is 28.9 Å². The molecular formula is C12H10N4O3. The number of aromatic nitrogens is 2. The molecule has 0 atom stereocenters. The molecule has 1 saturated heterocycles. The number of urea groups is 1. The van der Waals surface area contributed by atoms with Gasteiger partial charge in [0.15, 0.2) is 6.29 Å². The van der Waals surface area contributed by atoms with Gasteiger partial charge >= 0.3 is 6.03 Å². The molecule has 7 heteroatoms. The molecule has 2 aromatic rings. The Morgan fingerprint density at radius 1 is 1.37 bits per heavy atom. The molecule has 1 aliphatic heterocycles. The maximum atomic E-state index is 11.7. The summed E-state index contributed by atoms with van der Waals surface area (Å²) in [7, 11) is 0. The highest BCUT2D eigenvalue weighted by Crippen LogP contribution is 2.19. The average molecular weight is 258 g/mol. The van der Waals surface area contributed by atoms with Crippen molar-refractivity contribution in [3.8, 4) is 0 Å². The Hall–Kier alpha value is -2.70. The molecule has 0 aromatic carbocycles. The molecule has 3 heterocycles. The molecule has 0 aliphatic carbocycles. The van der Waals surface area contributed by atoms with Crippen LogP contribution in [-0.2, 0) is 4.79 Å². The van der Waals surface area contributed by atoms with E-state index < -0.39 is 6.03 Å². The molecule has 3 rings (SSSR count). The molecule has 1 aliphatic rings. The van der Waals surface area contributed by atoms with Gasteiger partial charge in [-0.05, 0) is 6.07 Å². The molecule has 0 saturated carbocycles. The van der Waals surface area contributed by atoms with E-state index in [4.69, 9.17) is 0 Å². The lowest BCUT2D eigenvalue weighted by Crippen LogP contribution is -2.49. The van der Waals surface area contributed by atoms with Crippen LogP contribution in [0, 0.1) is 0 Å². The molecule has 7 nitrogen and oxygen atoms in total. The van der Waals surface area contributed by atoms with Crippen LogP contribution in [0.15, 0.2) is 24.5 Å². The Balaban J connectivity index is 1.98. The maximum Gasteiger partial charge on any atom is 0.328 e. The van der Waals surface area contributed by atoms with E-state index in [0.717, 1.165) is 0 Å². The van der Waals surface area contributed by atoms with Crippen LogP contribution in [0.25, 0.3) is 5.65 Å². The molecule has 2 aromatic heterocycles. The normalized spacial score (nSPS) is 15.7. The summed E-state index contributed by atoms with van der Waals surface area (Å²) in [5, 5.41) is 2.26. The predicted octanol–water partition coefficient (Wildman–Crippen LogP) is 0.593. The van der Waals surface area contributed by atoms with Crippen molar-refractivity contribution in [2.45, 2.75) is 6.42 Å². The maximum absolute atomic E-state index is 11.7. The summed E-state index contributed by atoms with van der Waals surface area (Å²) in [6, 6.07) is 2.99. The highest BCUT2D eigenvalue weighted by atomic mass is 16.2. The quantitative estimate of drug-likeness (QED) is 0.799. The summed E-state index contributed by atoms with van der Waals surface area (Å²) >= 11 is 0. The number of imidazole rings is 1. The fraction of sp³-hybridized carbons (Fsp3) is 0.167. The second kappa shape index (κ2) is 4.20. The van der Waals surface area contributed by atoms with Crippen LogP contribution < -0.4 is 10.2 Å². The lowest BCUT2D eigenvalue weighted by atomic mass is 10.2. The van der Waals surface area contributed by atoms with Crippen molar-refractivity contribution in [3.63, 3.8) is 0 Å². The predicted molar refractivity (Wildman–Crippen MR) is 66.1 cm³/mol. The summed E-state index contributed by atoms with van der Waals surface area (Å²) in [5.74, 6) is -0.272. The number of aldehydes is 1. The van der Waals surface area contributed by atoms with Gasteiger partial charge in [-0.1, -0.05) is 0 Å². The van der Waals surface area contributed by atoms with E-state index in [9.17, 15) is 14.4 Å². The van der Waals surface area contributed by atoms with Crippen LogP contribution in [0.2, 0.25) is 0 Å². The first-order valence-electron chi connectivity index (χ1n) is 5.72. The second-order valence-electron chi connectivity index (χ2n) is 4.19. The number of fused-ring (bicyclic) bond motifs is 1. The van der Waals surface area contributed by atoms with Gasteiger partial charge in [0.05, 0.1) is 5.69 Å². The van der Waals surface area contributed by atoms with E-state index in [1.165, 1.54) is 4.90 Å². The number of nitrogens with one attached hydrogen (secondary N) is 1. The zero-order chi connectivity index (χ0) is 13.4. The molecule has 3 amide bonds. The van der Waals surface area contributed by atoms with Gasteiger partial charge in [0.25, 0.3) is 0 Å². The molecule has 0 bridgehead atoms. The van der Waals surface area contributed by atoms with E-state index in [2.05, 4.69) is 10.3 Å². The number of pyridine rings is 1. The summed E-state index contributed by atoms with van der Waals surface area (Å²) in [5.41, 5.74) is 1.54. The van der Waals surface area contributed by atoms with Crippen LogP contribution in [-0.4, -0.2) is 34.2 Å². The zero-order valence-corrected chi connectivity index (χ0v) is 9.87. The van der Waals surface area contributed by atoms with Crippen LogP contribution in [0.4, 0.5) is 10.5 Å². The van der Waals surface area contributed by atoms with Gasteiger partial charge in [0.1, 0.15) is 11.3 Å². The van der Waals surface area contributed by atoms with Gasteiger partial charge in [0.2, 0.25) is 5.91 Å². The van der Waals surface area contributed by atoms with Gasteiger partial charge in [-0.25, -0.2) is 9.78 Å². The van der Waals surface area contributed by atoms with Crippen molar-refractivity contribution in [2.75, 3.05) is 11.4 Å². The van der Waals surface area contributed by atoms with Crippen molar-refractivity contribution in [2.24, 2.45) is 0 Å². The van der Waals surface area contributed by atoms with Crippen molar-refractivity contribution in [3.05, 3.63) is 30.2 Å². The van der Waals surface area contributed by atoms with E-state index in [-0.39, 0.29) is 12.3 Å². The minimum Gasteiger partial charge on any atom is -0.306 e. The number of hydrogen-bond acceptors (Lipinski definition) is 4. The number of rotatable bonds is 2. The number of carbonyl (C=O) groups is 3. The third-order valence-corrected chi connectivity index (χ3v) is 2.95. The molecule has 0 unspecified atom stereocenters. The number of hydrogen-bond donors (Lipinski definition) is 1. The minimum absolute atomic E-state index is 0.269. The number of anilines is 1. The molecule has 96 valence electrons. The first kappa shape index (κ1) is 11.4.